The van der Waals surface area contributed by atoms with Crippen molar-refractivity contribution in [2.75, 3.05) is 0 Å². The van der Waals surface area contributed by atoms with Crippen LogP contribution in [0.2, 0.25) is 0 Å². The minimum atomic E-state index is -0.167. The summed E-state index contributed by atoms with van der Waals surface area (Å²) in [6.45, 7) is 2.08. The zero-order valence-electron chi connectivity index (χ0n) is 15.7. The number of nitrogens with zero attached hydrogens (tertiary/aromatic N) is 5. The van der Waals surface area contributed by atoms with Crippen LogP contribution in [0.3, 0.4) is 0 Å². The normalized spacial score (nSPS) is 12.9. The van der Waals surface area contributed by atoms with E-state index in [0.717, 1.165) is 28.3 Å². The average molecular weight is 373 g/mol. The number of pyridine rings is 1. The highest BCUT2D eigenvalue weighted by Gasteiger charge is 2.09. The summed E-state index contributed by atoms with van der Waals surface area (Å²) < 4.78 is 9.22. The molecule has 28 heavy (non-hydrogen) atoms. The Hall–Kier alpha value is -3.70. The van der Waals surface area contributed by atoms with Gasteiger partial charge in [-0.2, -0.15) is 10.2 Å². The van der Waals surface area contributed by atoms with Crippen LogP contribution in [0.15, 0.2) is 59.3 Å². The lowest BCUT2D eigenvalue weighted by molar-refractivity contribution is 0.191. The van der Waals surface area contributed by atoms with Gasteiger partial charge < -0.3 is 4.74 Å². The van der Waals surface area contributed by atoms with Gasteiger partial charge in [-0.3, -0.25) is 14.5 Å². The monoisotopic (exact) mass is 373 g/mol. The number of aromatic nitrogens is 5. The Balaban J connectivity index is 1.59. The van der Waals surface area contributed by atoms with E-state index in [2.05, 4.69) is 20.9 Å². The van der Waals surface area contributed by atoms with Crippen LogP contribution in [0.25, 0.3) is 17.8 Å². The molecular weight excluding hydrogens is 354 g/mol. The first-order chi connectivity index (χ1) is 13.6. The lowest BCUT2D eigenvalue weighted by atomic mass is 10.1. The predicted octanol–water partition coefficient (Wildman–Crippen LogP) is 2.80. The Morgan fingerprint density at radius 1 is 1.32 bits per heavy atom. The van der Waals surface area contributed by atoms with Crippen molar-refractivity contribution in [2.45, 2.75) is 20.0 Å². The summed E-state index contributed by atoms with van der Waals surface area (Å²) in [5, 5.41) is 8.52. The van der Waals surface area contributed by atoms with Gasteiger partial charge >= 0.3 is 0 Å². The van der Waals surface area contributed by atoms with Crippen LogP contribution >= 0.6 is 0 Å². The molecule has 0 N–H and O–H groups in total. The summed E-state index contributed by atoms with van der Waals surface area (Å²) in [4.78, 5) is 16.6. The van der Waals surface area contributed by atoms with E-state index < -0.39 is 0 Å². The van der Waals surface area contributed by atoms with E-state index in [1.807, 2.05) is 50.7 Å². The van der Waals surface area contributed by atoms with Crippen LogP contribution in [0, 0.1) is 6.92 Å². The molecule has 0 atom stereocenters. The number of hydrogen-bond acceptors (Lipinski definition) is 5. The molecule has 0 fully saturated rings. The van der Waals surface area contributed by atoms with E-state index in [1.165, 1.54) is 6.07 Å². The lowest BCUT2D eigenvalue weighted by Crippen LogP contribution is -2.16. The number of rotatable bonds is 4. The summed E-state index contributed by atoms with van der Waals surface area (Å²) in [6.07, 6.45) is 13.2. The smallest absolute Gasteiger partial charge is 0.206 e. The Bertz CT molecular complexity index is 1180. The fraction of sp³-hybridized carbons (Fsp3) is 0.190. The van der Waals surface area contributed by atoms with E-state index >= 15 is 0 Å². The molecule has 0 saturated heterocycles. The van der Waals surface area contributed by atoms with Gasteiger partial charge in [0.1, 0.15) is 23.7 Å². The molecule has 0 bridgehead atoms. The first-order valence-corrected chi connectivity index (χ1v) is 8.87. The van der Waals surface area contributed by atoms with Gasteiger partial charge in [0.05, 0.1) is 18.1 Å². The second kappa shape index (κ2) is 7.50. The summed E-state index contributed by atoms with van der Waals surface area (Å²) in [7, 11) is 1.83. The van der Waals surface area contributed by atoms with Gasteiger partial charge in [-0.05, 0) is 30.7 Å². The molecule has 1 aliphatic rings. The molecule has 4 rings (SSSR count). The summed E-state index contributed by atoms with van der Waals surface area (Å²) in [5.74, 6) is 0.729. The third kappa shape index (κ3) is 3.84. The third-order valence-corrected chi connectivity index (χ3v) is 4.27. The first-order valence-electron chi connectivity index (χ1n) is 8.87. The highest BCUT2D eigenvalue weighted by atomic mass is 16.5. The van der Waals surface area contributed by atoms with Crippen molar-refractivity contribution in [3.05, 3.63) is 87.2 Å². The quantitative estimate of drug-likeness (QED) is 0.658. The molecule has 3 aromatic rings. The number of fused-ring (bicyclic) bond motifs is 1. The summed E-state index contributed by atoms with van der Waals surface area (Å²) in [6, 6.07) is 3.53. The van der Waals surface area contributed by atoms with Crippen LogP contribution in [0.4, 0.5) is 0 Å². The zero-order chi connectivity index (χ0) is 19.5. The second-order valence-electron chi connectivity index (χ2n) is 6.55. The topological polar surface area (TPSA) is 74.8 Å². The minimum absolute atomic E-state index is 0.0813. The molecule has 140 valence electrons. The van der Waals surface area contributed by atoms with Gasteiger partial charge in [-0.1, -0.05) is 0 Å². The third-order valence-electron chi connectivity index (χ3n) is 4.27. The Morgan fingerprint density at radius 3 is 3.04 bits per heavy atom. The van der Waals surface area contributed by atoms with Crippen molar-refractivity contribution in [3.8, 4) is 5.69 Å². The van der Waals surface area contributed by atoms with Gasteiger partial charge in [0.15, 0.2) is 0 Å². The van der Waals surface area contributed by atoms with Crippen LogP contribution in [-0.4, -0.2) is 24.5 Å². The molecule has 0 unspecified atom stereocenters. The van der Waals surface area contributed by atoms with E-state index in [1.54, 1.807) is 21.8 Å². The van der Waals surface area contributed by atoms with Crippen molar-refractivity contribution in [1.82, 2.24) is 24.5 Å². The maximum Gasteiger partial charge on any atom is 0.206 e. The van der Waals surface area contributed by atoms with Crippen molar-refractivity contribution < 1.29 is 4.74 Å². The highest BCUT2D eigenvalue weighted by Crippen LogP contribution is 2.19. The Labute approximate surface area is 161 Å². The van der Waals surface area contributed by atoms with Gasteiger partial charge in [-0.15, -0.1) is 5.73 Å². The number of allylic oxidation sites excluding steroid dienone is 1. The van der Waals surface area contributed by atoms with Gasteiger partial charge in [0, 0.05) is 43.6 Å². The van der Waals surface area contributed by atoms with Crippen molar-refractivity contribution in [2.24, 2.45) is 7.05 Å². The van der Waals surface area contributed by atoms with Crippen LogP contribution < -0.4 is 5.43 Å². The molecule has 0 aliphatic heterocycles. The van der Waals surface area contributed by atoms with Gasteiger partial charge in [0.25, 0.3) is 0 Å². The van der Waals surface area contributed by atoms with E-state index in [-0.39, 0.29) is 12.0 Å². The molecule has 0 amide bonds. The molecular formula is C21H19N5O2. The molecule has 0 aromatic carbocycles. The molecule has 3 heterocycles. The fourth-order valence-corrected chi connectivity index (χ4v) is 2.85. The Morgan fingerprint density at radius 2 is 2.21 bits per heavy atom. The number of ether oxygens (including phenoxy) is 1. The fourth-order valence-electron chi connectivity index (χ4n) is 2.85. The molecule has 3 aromatic heterocycles. The van der Waals surface area contributed by atoms with Gasteiger partial charge in [-0.25, -0.2) is 4.68 Å². The van der Waals surface area contributed by atoms with E-state index in [4.69, 9.17) is 4.74 Å². The largest absolute Gasteiger partial charge is 0.491 e. The molecule has 0 radical (unpaired) electrons. The second-order valence-corrected chi connectivity index (χ2v) is 6.55. The number of aryl methyl sites for hydroxylation is 2. The number of hydrogen-bond donors (Lipinski definition) is 0. The molecule has 7 nitrogen and oxygen atoms in total. The Kier molecular flexibility index (Phi) is 4.74. The maximum atomic E-state index is 12.2. The lowest BCUT2D eigenvalue weighted by Gasteiger charge is -2.11. The summed E-state index contributed by atoms with van der Waals surface area (Å²) >= 11 is 0. The molecule has 0 saturated carbocycles. The van der Waals surface area contributed by atoms with Crippen LogP contribution in [0.1, 0.15) is 28.9 Å². The minimum Gasteiger partial charge on any atom is -0.491 e. The van der Waals surface area contributed by atoms with Crippen LogP contribution in [0.5, 0.6) is 0 Å². The first kappa shape index (κ1) is 17.7. The van der Waals surface area contributed by atoms with Crippen molar-refractivity contribution in [1.29, 1.82) is 0 Å². The van der Waals surface area contributed by atoms with Gasteiger partial charge in [0.2, 0.25) is 5.43 Å². The van der Waals surface area contributed by atoms with Crippen molar-refractivity contribution in [3.63, 3.8) is 0 Å². The SMILES string of the molecule is Cc1cnc2c(c1)C=C(OCc1nn(-c3cnn(C)c3)ccc1=O)CC=C=C2. The zero-order valence-corrected chi connectivity index (χ0v) is 15.7. The predicted molar refractivity (Wildman–Crippen MR) is 106 cm³/mol. The van der Waals surface area contributed by atoms with E-state index in [0.29, 0.717) is 12.1 Å². The standard InChI is InChI=1S/C21H19N5O2/c1-15-9-16-10-18(5-3-4-6-19(16)22-11-15)28-14-20-21(27)7-8-26(24-20)17-12-23-25(2)13-17/h3,6-13H,5,14H2,1-2H3. The average Bonchev–Trinajstić information content (AvgIpc) is 3.09. The highest BCUT2D eigenvalue weighted by molar-refractivity contribution is 5.64. The maximum absolute atomic E-state index is 12.2. The van der Waals surface area contributed by atoms with E-state index in [9.17, 15) is 4.79 Å². The van der Waals surface area contributed by atoms with Crippen LogP contribution in [-0.2, 0) is 18.4 Å². The molecule has 0 spiro atoms. The summed E-state index contributed by atoms with van der Waals surface area (Å²) in [5.41, 5.74) is 6.91. The molecule has 7 heteroatoms. The van der Waals surface area contributed by atoms with Crippen molar-refractivity contribution >= 4 is 12.2 Å². The molecule has 1 aliphatic carbocycles.